The topological polar surface area (TPSA) is 59.4 Å². The van der Waals surface area contributed by atoms with Crippen molar-refractivity contribution in [2.24, 2.45) is 0 Å². The molecule has 1 heterocycles. The maximum Gasteiger partial charge on any atom is 0.347 e. The fourth-order valence-corrected chi connectivity index (χ4v) is 3.44. The molecule has 0 atom stereocenters. The molecule has 0 spiro atoms. The lowest BCUT2D eigenvalue weighted by molar-refractivity contribution is 0.0701. The van der Waals surface area contributed by atoms with Crippen LogP contribution in [0.1, 0.15) is 34.3 Å². The standard InChI is InChI=1S/C20H19NO3S/c1-3-4-14-5-9-16(10-6-14)24-17-11-7-15(8-12-17)19-21-13(2)18(25-19)20(22)23/h5-12H,3-4H2,1-2H3,(H,22,23). The van der Waals surface area contributed by atoms with Crippen molar-refractivity contribution in [1.82, 2.24) is 4.98 Å². The molecule has 5 heteroatoms. The number of benzene rings is 2. The molecule has 3 rings (SSSR count). The molecule has 0 aliphatic carbocycles. The number of carboxylic acids is 1. The Kier molecular flexibility index (Phi) is 5.14. The van der Waals surface area contributed by atoms with Gasteiger partial charge < -0.3 is 9.84 Å². The van der Waals surface area contributed by atoms with E-state index in [1.54, 1.807) is 6.92 Å². The van der Waals surface area contributed by atoms with E-state index in [0.29, 0.717) is 10.7 Å². The van der Waals surface area contributed by atoms with Crippen LogP contribution in [-0.2, 0) is 6.42 Å². The van der Waals surface area contributed by atoms with Crippen LogP contribution in [0.5, 0.6) is 11.5 Å². The van der Waals surface area contributed by atoms with Gasteiger partial charge in [0.05, 0.1) is 5.69 Å². The van der Waals surface area contributed by atoms with Gasteiger partial charge in [-0.3, -0.25) is 0 Å². The highest BCUT2D eigenvalue weighted by Crippen LogP contribution is 2.30. The first kappa shape index (κ1) is 17.2. The third kappa shape index (κ3) is 4.06. The van der Waals surface area contributed by atoms with Gasteiger partial charge >= 0.3 is 5.97 Å². The molecular formula is C20H19NO3S. The van der Waals surface area contributed by atoms with Crippen LogP contribution in [0.2, 0.25) is 0 Å². The van der Waals surface area contributed by atoms with Crippen molar-refractivity contribution in [3.05, 3.63) is 64.7 Å². The van der Waals surface area contributed by atoms with Crippen LogP contribution < -0.4 is 4.74 Å². The van der Waals surface area contributed by atoms with Crippen LogP contribution in [0.15, 0.2) is 48.5 Å². The predicted molar refractivity (Wildman–Crippen MR) is 99.8 cm³/mol. The summed E-state index contributed by atoms with van der Waals surface area (Å²) in [7, 11) is 0. The maximum atomic E-state index is 11.1. The van der Waals surface area contributed by atoms with Gasteiger partial charge in [0.25, 0.3) is 0 Å². The first-order chi connectivity index (χ1) is 12.1. The minimum atomic E-state index is -0.937. The SMILES string of the molecule is CCCc1ccc(Oc2ccc(-c3nc(C)c(C(=O)O)s3)cc2)cc1. The number of ether oxygens (including phenoxy) is 1. The van der Waals surface area contributed by atoms with Gasteiger partial charge in [0, 0.05) is 5.56 Å². The van der Waals surface area contributed by atoms with Gasteiger partial charge in [0.1, 0.15) is 21.4 Å². The zero-order valence-corrected chi connectivity index (χ0v) is 15.0. The molecule has 0 fully saturated rings. The fourth-order valence-electron chi connectivity index (χ4n) is 2.53. The minimum absolute atomic E-state index is 0.280. The summed E-state index contributed by atoms with van der Waals surface area (Å²) in [5.74, 6) is 0.595. The molecule has 0 radical (unpaired) electrons. The summed E-state index contributed by atoms with van der Waals surface area (Å²) < 4.78 is 5.86. The molecule has 0 saturated carbocycles. The van der Waals surface area contributed by atoms with E-state index >= 15 is 0 Å². The number of nitrogens with zero attached hydrogens (tertiary/aromatic N) is 1. The summed E-state index contributed by atoms with van der Waals surface area (Å²) in [5.41, 5.74) is 2.73. The molecule has 0 amide bonds. The van der Waals surface area contributed by atoms with E-state index < -0.39 is 5.97 Å². The van der Waals surface area contributed by atoms with E-state index in [1.165, 1.54) is 16.9 Å². The van der Waals surface area contributed by atoms with Gasteiger partial charge in [-0.25, -0.2) is 9.78 Å². The van der Waals surface area contributed by atoms with Gasteiger partial charge in [-0.2, -0.15) is 0 Å². The van der Waals surface area contributed by atoms with Crippen LogP contribution >= 0.6 is 11.3 Å². The number of aryl methyl sites for hydroxylation is 2. The van der Waals surface area contributed by atoms with E-state index in [0.717, 1.165) is 29.9 Å². The molecule has 0 saturated heterocycles. The van der Waals surface area contributed by atoms with Crippen molar-refractivity contribution in [3.8, 4) is 22.1 Å². The zero-order valence-electron chi connectivity index (χ0n) is 14.2. The number of rotatable bonds is 6. The van der Waals surface area contributed by atoms with Crippen molar-refractivity contribution in [2.45, 2.75) is 26.7 Å². The number of carboxylic acid groups (broad SMARTS) is 1. The number of aromatic nitrogens is 1. The molecule has 25 heavy (non-hydrogen) atoms. The Hall–Kier alpha value is -2.66. The van der Waals surface area contributed by atoms with E-state index in [4.69, 9.17) is 9.84 Å². The predicted octanol–water partition coefficient (Wildman–Crippen LogP) is 5.56. The average molecular weight is 353 g/mol. The Bertz CT molecular complexity index is 867. The summed E-state index contributed by atoms with van der Waals surface area (Å²) in [6, 6.07) is 15.6. The highest BCUT2D eigenvalue weighted by atomic mass is 32.1. The largest absolute Gasteiger partial charge is 0.477 e. The Morgan fingerprint density at radius 2 is 1.68 bits per heavy atom. The lowest BCUT2D eigenvalue weighted by Crippen LogP contribution is -1.94. The van der Waals surface area contributed by atoms with Crippen LogP contribution in [0.4, 0.5) is 0 Å². The van der Waals surface area contributed by atoms with Gasteiger partial charge in [0.2, 0.25) is 0 Å². The molecule has 3 aromatic rings. The molecule has 0 bridgehead atoms. The lowest BCUT2D eigenvalue weighted by Gasteiger charge is -2.07. The molecule has 2 aromatic carbocycles. The molecular weight excluding hydrogens is 334 g/mol. The average Bonchev–Trinajstić information content (AvgIpc) is 3.00. The summed E-state index contributed by atoms with van der Waals surface area (Å²) in [6.45, 7) is 3.87. The highest BCUT2D eigenvalue weighted by molar-refractivity contribution is 7.17. The van der Waals surface area contributed by atoms with Crippen molar-refractivity contribution >= 4 is 17.3 Å². The minimum Gasteiger partial charge on any atom is -0.477 e. The van der Waals surface area contributed by atoms with Crippen molar-refractivity contribution in [3.63, 3.8) is 0 Å². The van der Waals surface area contributed by atoms with Crippen molar-refractivity contribution in [1.29, 1.82) is 0 Å². The molecule has 1 N–H and O–H groups in total. The summed E-state index contributed by atoms with van der Waals surface area (Å²) >= 11 is 1.19. The molecule has 4 nitrogen and oxygen atoms in total. The lowest BCUT2D eigenvalue weighted by atomic mass is 10.1. The van der Waals surface area contributed by atoms with Crippen LogP contribution in [0.25, 0.3) is 10.6 Å². The molecule has 128 valence electrons. The van der Waals surface area contributed by atoms with E-state index in [9.17, 15) is 4.79 Å². The summed E-state index contributed by atoms with van der Waals surface area (Å²) in [4.78, 5) is 15.8. The Morgan fingerprint density at radius 3 is 2.20 bits per heavy atom. The number of carbonyl (C=O) groups is 1. The zero-order chi connectivity index (χ0) is 17.8. The van der Waals surface area contributed by atoms with Gasteiger partial charge in [-0.15, -0.1) is 11.3 Å². The van der Waals surface area contributed by atoms with Crippen molar-refractivity contribution < 1.29 is 14.6 Å². The summed E-state index contributed by atoms with van der Waals surface area (Å²) in [6.07, 6.45) is 2.20. The molecule has 1 aromatic heterocycles. The van der Waals surface area contributed by atoms with E-state index in [-0.39, 0.29) is 4.88 Å². The number of hydrogen-bond donors (Lipinski definition) is 1. The third-order valence-electron chi connectivity index (χ3n) is 3.79. The quantitative estimate of drug-likeness (QED) is 0.630. The molecule has 0 aliphatic rings. The maximum absolute atomic E-state index is 11.1. The van der Waals surface area contributed by atoms with Gasteiger partial charge in [-0.05, 0) is 55.3 Å². The normalized spacial score (nSPS) is 10.6. The number of aromatic carboxylic acids is 1. The Morgan fingerprint density at radius 1 is 1.08 bits per heavy atom. The first-order valence-electron chi connectivity index (χ1n) is 8.14. The van der Waals surface area contributed by atoms with E-state index in [1.807, 2.05) is 36.4 Å². The van der Waals surface area contributed by atoms with Gasteiger partial charge in [0.15, 0.2) is 0 Å². The van der Waals surface area contributed by atoms with Crippen LogP contribution in [0, 0.1) is 6.92 Å². The fraction of sp³-hybridized carbons (Fsp3) is 0.200. The second-order valence-electron chi connectivity index (χ2n) is 5.76. The highest BCUT2D eigenvalue weighted by Gasteiger charge is 2.15. The van der Waals surface area contributed by atoms with Crippen molar-refractivity contribution in [2.75, 3.05) is 0 Å². The second kappa shape index (κ2) is 7.49. The smallest absolute Gasteiger partial charge is 0.347 e. The third-order valence-corrected chi connectivity index (χ3v) is 4.98. The second-order valence-corrected chi connectivity index (χ2v) is 6.76. The van der Waals surface area contributed by atoms with Gasteiger partial charge in [-0.1, -0.05) is 25.5 Å². The Labute approximate surface area is 150 Å². The first-order valence-corrected chi connectivity index (χ1v) is 8.96. The van der Waals surface area contributed by atoms with Crippen LogP contribution in [-0.4, -0.2) is 16.1 Å². The Balaban J connectivity index is 1.73. The molecule has 0 aliphatic heterocycles. The number of thiazole rings is 1. The summed E-state index contributed by atoms with van der Waals surface area (Å²) in [5, 5.41) is 9.84. The molecule has 0 unspecified atom stereocenters. The van der Waals surface area contributed by atoms with Crippen LogP contribution in [0.3, 0.4) is 0 Å². The van der Waals surface area contributed by atoms with E-state index in [2.05, 4.69) is 24.0 Å². The number of hydrogen-bond acceptors (Lipinski definition) is 4. The monoisotopic (exact) mass is 353 g/mol.